The second kappa shape index (κ2) is 7.28. The van der Waals surface area contributed by atoms with Gasteiger partial charge in [0.2, 0.25) is 5.91 Å². The quantitative estimate of drug-likeness (QED) is 0.651. The van der Waals surface area contributed by atoms with Gasteiger partial charge in [-0.2, -0.15) is 0 Å². The van der Waals surface area contributed by atoms with Gasteiger partial charge in [0.1, 0.15) is 0 Å². The number of carbonyl (C=O) groups excluding carboxylic acids is 1. The van der Waals surface area contributed by atoms with Crippen LogP contribution in [0.1, 0.15) is 25.7 Å². The maximum Gasteiger partial charge on any atom is 0.222 e. The predicted octanol–water partition coefficient (Wildman–Crippen LogP) is -0.248. The maximum atomic E-state index is 12.0. The van der Waals surface area contributed by atoms with E-state index in [2.05, 4.69) is 5.32 Å². The average molecular weight is 279 g/mol. The van der Waals surface area contributed by atoms with Crippen LogP contribution in [-0.4, -0.2) is 59.4 Å². The van der Waals surface area contributed by atoms with E-state index in [-0.39, 0.29) is 24.9 Å². The monoisotopic (exact) mass is 278 g/mol. The number of hydrogen-bond acceptors (Lipinski definition) is 4. The lowest BCUT2D eigenvalue weighted by Crippen LogP contribution is -2.49. The van der Waals surface area contributed by atoms with Crippen molar-refractivity contribution >= 4 is 18.3 Å². The molecule has 0 radical (unpaired) electrons. The fourth-order valence-corrected chi connectivity index (χ4v) is 2.61. The summed E-state index contributed by atoms with van der Waals surface area (Å²) in [6.45, 7) is 2.85. The summed E-state index contributed by atoms with van der Waals surface area (Å²) in [6, 6.07) is 0. The van der Waals surface area contributed by atoms with Crippen LogP contribution in [0.5, 0.6) is 0 Å². The Kier molecular flexibility index (Phi) is 6.35. The number of β-amino-alcohol motifs (C(OH)–C–C–N with tert-alkyl or cyclic N) is 1. The van der Waals surface area contributed by atoms with Crippen LogP contribution in [0.25, 0.3) is 0 Å². The smallest absolute Gasteiger partial charge is 0.222 e. The number of amides is 1. The molecular formula is C12H23ClN2O3. The zero-order chi connectivity index (χ0) is 12.3. The number of nitrogens with one attached hydrogen (secondary N) is 1. The van der Waals surface area contributed by atoms with Gasteiger partial charge in [0, 0.05) is 19.5 Å². The molecule has 5 nitrogen and oxygen atoms in total. The van der Waals surface area contributed by atoms with Crippen molar-refractivity contribution in [2.24, 2.45) is 5.92 Å². The fourth-order valence-electron chi connectivity index (χ4n) is 2.61. The van der Waals surface area contributed by atoms with Crippen LogP contribution in [0.15, 0.2) is 0 Å². The summed E-state index contributed by atoms with van der Waals surface area (Å²) in [5, 5.41) is 22.2. The Morgan fingerprint density at radius 3 is 2.44 bits per heavy atom. The molecule has 2 aliphatic heterocycles. The Balaban J connectivity index is 0.00000162. The van der Waals surface area contributed by atoms with Crippen LogP contribution in [0, 0.1) is 5.92 Å². The van der Waals surface area contributed by atoms with Crippen LogP contribution in [0.3, 0.4) is 0 Å². The molecule has 0 aromatic carbocycles. The summed E-state index contributed by atoms with van der Waals surface area (Å²) in [4.78, 5) is 13.7. The van der Waals surface area contributed by atoms with Gasteiger partial charge in [-0.05, 0) is 38.3 Å². The number of carbonyl (C=O) groups is 1. The molecule has 1 amide bonds. The van der Waals surface area contributed by atoms with E-state index in [1.807, 2.05) is 0 Å². The first kappa shape index (κ1) is 15.7. The second-order valence-corrected chi connectivity index (χ2v) is 5.16. The Bertz CT molecular complexity index is 272. The van der Waals surface area contributed by atoms with E-state index in [0.29, 0.717) is 25.3 Å². The van der Waals surface area contributed by atoms with Gasteiger partial charge < -0.3 is 20.4 Å². The van der Waals surface area contributed by atoms with Crippen molar-refractivity contribution in [1.82, 2.24) is 10.2 Å². The number of aliphatic hydroxyl groups is 2. The molecule has 18 heavy (non-hydrogen) atoms. The minimum atomic E-state index is -0.777. The topological polar surface area (TPSA) is 72.8 Å². The van der Waals surface area contributed by atoms with E-state index in [4.69, 9.17) is 0 Å². The molecule has 2 aliphatic rings. The molecule has 0 aromatic rings. The third kappa shape index (κ3) is 4.09. The Morgan fingerprint density at radius 2 is 1.83 bits per heavy atom. The van der Waals surface area contributed by atoms with E-state index in [1.54, 1.807) is 4.90 Å². The zero-order valence-corrected chi connectivity index (χ0v) is 11.4. The molecule has 0 unspecified atom stereocenters. The minimum absolute atomic E-state index is 0. The van der Waals surface area contributed by atoms with Gasteiger partial charge in [-0.1, -0.05) is 0 Å². The lowest BCUT2D eigenvalue weighted by molar-refractivity contribution is -0.138. The Morgan fingerprint density at radius 1 is 1.17 bits per heavy atom. The molecule has 3 N–H and O–H groups in total. The first-order chi connectivity index (χ1) is 8.16. The molecule has 0 aliphatic carbocycles. The minimum Gasteiger partial charge on any atom is -0.390 e. The van der Waals surface area contributed by atoms with Crippen molar-refractivity contribution in [3.63, 3.8) is 0 Å². The summed E-state index contributed by atoms with van der Waals surface area (Å²) < 4.78 is 0. The van der Waals surface area contributed by atoms with Crippen molar-refractivity contribution in [2.45, 2.75) is 37.9 Å². The van der Waals surface area contributed by atoms with E-state index in [0.717, 1.165) is 25.9 Å². The summed E-state index contributed by atoms with van der Waals surface area (Å²) in [5.41, 5.74) is 0. The van der Waals surface area contributed by atoms with Crippen molar-refractivity contribution in [3.8, 4) is 0 Å². The van der Waals surface area contributed by atoms with Crippen LogP contribution in [0.2, 0.25) is 0 Å². The van der Waals surface area contributed by atoms with Crippen molar-refractivity contribution in [1.29, 1.82) is 0 Å². The molecule has 6 heteroatoms. The molecule has 2 rings (SSSR count). The summed E-state index contributed by atoms with van der Waals surface area (Å²) >= 11 is 0. The van der Waals surface area contributed by atoms with Crippen LogP contribution < -0.4 is 5.32 Å². The van der Waals surface area contributed by atoms with E-state index in [1.165, 1.54) is 0 Å². The van der Waals surface area contributed by atoms with Gasteiger partial charge in [0.05, 0.1) is 12.2 Å². The lowest BCUT2D eigenvalue weighted by Gasteiger charge is -2.34. The standard InChI is InChI=1S/C12H22N2O3.ClH/c15-10-3-6-14(8-11(10)16)12(17)7-9-1-4-13-5-2-9;/h9-11,13,15-16H,1-8H2;1H/t10-,11+;/m0./s1. The normalized spacial score (nSPS) is 29.8. The van der Waals surface area contributed by atoms with Gasteiger partial charge in [-0.15, -0.1) is 12.4 Å². The molecule has 106 valence electrons. The number of likely N-dealkylation sites (tertiary alicyclic amines) is 1. The average Bonchev–Trinajstić information content (AvgIpc) is 2.34. The zero-order valence-electron chi connectivity index (χ0n) is 10.5. The summed E-state index contributed by atoms with van der Waals surface area (Å²) in [5.74, 6) is 0.607. The van der Waals surface area contributed by atoms with Gasteiger partial charge in [0.25, 0.3) is 0 Å². The highest BCUT2D eigenvalue weighted by atomic mass is 35.5. The predicted molar refractivity (Wildman–Crippen MR) is 70.7 cm³/mol. The summed E-state index contributed by atoms with van der Waals surface area (Å²) in [6.07, 6.45) is 1.75. The number of nitrogens with zero attached hydrogens (tertiary/aromatic N) is 1. The molecule has 2 atom stereocenters. The third-order valence-corrected chi connectivity index (χ3v) is 3.82. The third-order valence-electron chi connectivity index (χ3n) is 3.82. The van der Waals surface area contributed by atoms with E-state index >= 15 is 0 Å². The molecule has 0 saturated carbocycles. The van der Waals surface area contributed by atoms with E-state index < -0.39 is 12.2 Å². The number of halogens is 1. The van der Waals surface area contributed by atoms with Crippen LogP contribution >= 0.6 is 12.4 Å². The van der Waals surface area contributed by atoms with Gasteiger partial charge in [-0.3, -0.25) is 4.79 Å². The molecular weight excluding hydrogens is 256 g/mol. The highest BCUT2D eigenvalue weighted by molar-refractivity contribution is 5.85. The molecule has 2 saturated heterocycles. The van der Waals surface area contributed by atoms with Crippen LogP contribution in [0.4, 0.5) is 0 Å². The molecule has 0 spiro atoms. The molecule has 2 heterocycles. The molecule has 0 aromatic heterocycles. The summed E-state index contributed by atoms with van der Waals surface area (Å²) in [7, 11) is 0. The van der Waals surface area contributed by atoms with Crippen molar-refractivity contribution < 1.29 is 15.0 Å². The fraction of sp³-hybridized carbons (Fsp3) is 0.917. The Hall–Kier alpha value is -0.360. The van der Waals surface area contributed by atoms with Crippen LogP contribution in [-0.2, 0) is 4.79 Å². The first-order valence-corrected chi connectivity index (χ1v) is 6.51. The number of hydrogen-bond donors (Lipinski definition) is 3. The largest absolute Gasteiger partial charge is 0.390 e. The van der Waals surface area contributed by atoms with Gasteiger partial charge >= 0.3 is 0 Å². The second-order valence-electron chi connectivity index (χ2n) is 5.16. The number of rotatable bonds is 2. The highest BCUT2D eigenvalue weighted by Gasteiger charge is 2.29. The Labute approximate surface area is 114 Å². The van der Waals surface area contributed by atoms with Gasteiger partial charge in [-0.25, -0.2) is 0 Å². The number of aliphatic hydroxyl groups excluding tert-OH is 2. The highest BCUT2D eigenvalue weighted by Crippen LogP contribution is 2.19. The molecule has 2 fully saturated rings. The SMILES string of the molecule is Cl.O=C(CC1CCNCC1)N1CC[C@H](O)[C@H](O)C1. The maximum absolute atomic E-state index is 12.0. The first-order valence-electron chi connectivity index (χ1n) is 6.51. The lowest BCUT2D eigenvalue weighted by atomic mass is 9.93. The van der Waals surface area contributed by atoms with E-state index in [9.17, 15) is 15.0 Å². The number of piperidine rings is 2. The molecule has 0 bridgehead atoms. The van der Waals surface area contributed by atoms with Crippen molar-refractivity contribution in [3.05, 3.63) is 0 Å². The van der Waals surface area contributed by atoms with Crippen molar-refractivity contribution in [2.75, 3.05) is 26.2 Å². The van der Waals surface area contributed by atoms with Gasteiger partial charge in [0.15, 0.2) is 0 Å².